The summed E-state index contributed by atoms with van der Waals surface area (Å²) in [4.78, 5) is 1.13. The van der Waals surface area contributed by atoms with Crippen LogP contribution >= 0.6 is 21.7 Å². The summed E-state index contributed by atoms with van der Waals surface area (Å²) in [5, 5.41) is 3.30. The van der Waals surface area contributed by atoms with Gasteiger partial charge in [0.1, 0.15) is 0 Å². The van der Waals surface area contributed by atoms with Crippen molar-refractivity contribution >= 4 is 27.3 Å². The Kier molecular flexibility index (Phi) is 1.96. The molecule has 1 N–H and O–H groups in total. The van der Waals surface area contributed by atoms with E-state index in [1.807, 2.05) is 6.07 Å². The number of nitrogens with one attached hydrogen (secondary N) is 1. The van der Waals surface area contributed by atoms with Crippen LogP contribution in [0.15, 0.2) is 23.1 Å². The zero-order chi connectivity index (χ0) is 7.68. The van der Waals surface area contributed by atoms with E-state index in [0.29, 0.717) is 0 Å². The smallest absolute Gasteiger partial charge is 0.0374 e. The Bertz CT molecular complexity index is 275. The van der Waals surface area contributed by atoms with Crippen LogP contribution in [0.1, 0.15) is 5.56 Å². The summed E-state index contributed by atoms with van der Waals surface area (Å²) in [6.07, 6.45) is 1.13. The van der Waals surface area contributed by atoms with Crippen LogP contribution in [0.5, 0.6) is 0 Å². The van der Waals surface area contributed by atoms with Crippen molar-refractivity contribution in [3.8, 4) is 0 Å². The van der Waals surface area contributed by atoms with Gasteiger partial charge in [-0.15, -0.1) is 0 Å². The maximum Gasteiger partial charge on any atom is 0.0374 e. The van der Waals surface area contributed by atoms with Crippen LogP contribution in [0.4, 0.5) is 5.69 Å². The van der Waals surface area contributed by atoms with Crippen molar-refractivity contribution in [2.75, 3.05) is 11.9 Å². The van der Waals surface area contributed by atoms with E-state index in [9.17, 15) is 0 Å². The summed E-state index contributed by atoms with van der Waals surface area (Å²) in [5.41, 5.74) is 2.65. The van der Waals surface area contributed by atoms with Crippen LogP contribution in [0.25, 0.3) is 0 Å². The molecule has 1 aliphatic rings. The zero-order valence-corrected chi connectivity index (χ0v) is 7.50. The summed E-state index contributed by atoms with van der Waals surface area (Å²) in [6, 6.07) is 6.27. The first-order chi connectivity index (χ1) is 5.40. The van der Waals surface area contributed by atoms with Gasteiger partial charge in [-0.05, 0) is 51.8 Å². The van der Waals surface area contributed by atoms with E-state index in [1.54, 1.807) is 0 Å². The fraction of sp³-hybridized carbons (Fsp3) is 0.250. The molecular formula is C8H8ClNS. The van der Waals surface area contributed by atoms with Crippen molar-refractivity contribution in [2.45, 2.75) is 11.3 Å². The van der Waals surface area contributed by atoms with Crippen LogP contribution < -0.4 is 5.32 Å². The van der Waals surface area contributed by atoms with Gasteiger partial charge in [-0.1, -0.05) is 0 Å². The van der Waals surface area contributed by atoms with E-state index in [1.165, 1.54) is 22.2 Å². The van der Waals surface area contributed by atoms with Gasteiger partial charge in [0.15, 0.2) is 0 Å². The number of halogens is 1. The normalized spacial score (nSPS) is 14.3. The fourth-order valence-corrected chi connectivity index (χ4v) is 1.92. The molecule has 0 amide bonds. The van der Waals surface area contributed by atoms with Crippen LogP contribution in [-0.4, -0.2) is 6.54 Å². The van der Waals surface area contributed by atoms with Gasteiger partial charge in [0.25, 0.3) is 0 Å². The first-order valence-corrected chi connectivity index (χ1v) is 5.20. The molecule has 1 heterocycles. The SMILES string of the molecule is ClSc1ccc2c(c1)CCN2. The molecule has 1 aromatic rings. The standard InChI is InChI=1S/C8H8ClNS/c9-11-7-1-2-8-6(5-7)3-4-10-8/h1-2,5,10H,3-4H2. The van der Waals surface area contributed by atoms with Gasteiger partial charge in [-0.25, -0.2) is 0 Å². The first-order valence-electron chi connectivity index (χ1n) is 3.55. The molecule has 0 radical (unpaired) electrons. The third-order valence-electron chi connectivity index (χ3n) is 1.88. The second kappa shape index (κ2) is 2.95. The van der Waals surface area contributed by atoms with Crippen molar-refractivity contribution in [1.29, 1.82) is 0 Å². The third-order valence-corrected chi connectivity index (χ3v) is 2.84. The largest absolute Gasteiger partial charge is 0.384 e. The highest BCUT2D eigenvalue weighted by atomic mass is 35.7. The van der Waals surface area contributed by atoms with E-state index in [0.717, 1.165) is 17.9 Å². The Balaban J connectivity index is 2.41. The van der Waals surface area contributed by atoms with Crippen molar-refractivity contribution in [3.63, 3.8) is 0 Å². The van der Waals surface area contributed by atoms with Gasteiger partial charge in [-0.3, -0.25) is 0 Å². The van der Waals surface area contributed by atoms with Crippen molar-refractivity contribution < 1.29 is 0 Å². The molecule has 3 heteroatoms. The maximum atomic E-state index is 5.62. The molecular weight excluding hydrogens is 178 g/mol. The molecule has 1 nitrogen and oxygen atoms in total. The van der Waals surface area contributed by atoms with Crippen LogP contribution in [0, 0.1) is 0 Å². The molecule has 1 aliphatic heterocycles. The molecule has 0 aliphatic carbocycles. The average molecular weight is 186 g/mol. The fourth-order valence-electron chi connectivity index (χ4n) is 1.33. The van der Waals surface area contributed by atoms with Crippen molar-refractivity contribution in [3.05, 3.63) is 23.8 Å². The predicted molar refractivity (Wildman–Crippen MR) is 50.3 cm³/mol. The van der Waals surface area contributed by atoms with Gasteiger partial charge in [0.2, 0.25) is 0 Å². The molecule has 0 unspecified atom stereocenters. The van der Waals surface area contributed by atoms with E-state index in [2.05, 4.69) is 17.4 Å². The van der Waals surface area contributed by atoms with Crippen LogP contribution in [0.3, 0.4) is 0 Å². The highest BCUT2D eigenvalue weighted by Gasteiger charge is 2.09. The summed E-state index contributed by atoms with van der Waals surface area (Å²) >= 11 is 0. The molecule has 11 heavy (non-hydrogen) atoms. The molecule has 0 fully saturated rings. The lowest BCUT2D eigenvalue weighted by atomic mass is 10.2. The molecule has 0 saturated heterocycles. The molecule has 58 valence electrons. The lowest BCUT2D eigenvalue weighted by molar-refractivity contribution is 1.10. The van der Waals surface area contributed by atoms with Gasteiger partial charge >= 0.3 is 0 Å². The summed E-state index contributed by atoms with van der Waals surface area (Å²) in [7, 11) is 6.90. The second-order valence-corrected chi connectivity index (χ2v) is 3.66. The zero-order valence-electron chi connectivity index (χ0n) is 5.93. The second-order valence-electron chi connectivity index (χ2n) is 2.57. The molecule has 0 bridgehead atoms. The highest BCUT2D eigenvalue weighted by Crippen LogP contribution is 2.29. The number of fused-ring (bicyclic) bond motifs is 1. The first kappa shape index (κ1) is 7.32. The van der Waals surface area contributed by atoms with Crippen molar-refractivity contribution in [2.24, 2.45) is 0 Å². The molecule has 0 saturated carbocycles. The quantitative estimate of drug-likeness (QED) is 0.722. The van der Waals surface area contributed by atoms with Gasteiger partial charge in [0.05, 0.1) is 0 Å². The van der Waals surface area contributed by atoms with E-state index in [4.69, 9.17) is 10.7 Å². The lowest BCUT2D eigenvalue weighted by Crippen LogP contribution is -1.90. The summed E-state index contributed by atoms with van der Waals surface area (Å²) < 4.78 is 0. The Morgan fingerprint density at radius 1 is 1.45 bits per heavy atom. The molecule has 1 aromatic carbocycles. The van der Waals surface area contributed by atoms with Gasteiger partial charge in [0, 0.05) is 17.1 Å². The topological polar surface area (TPSA) is 12.0 Å². The summed E-state index contributed by atoms with van der Waals surface area (Å²) in [6.45, 7) is 1.06. The number of hydrogen-bond donors (Lipinski definition) is 1. The van der Waals surface area contributed by atoms with Gasteiger partial charge in [-0.2, -0.15) is 0 Å². The maximum absolute atomic E-state index is 5.62. The monoisotopic (exact) mass is 185 g/mol. The third kappa shape index (κ3) is 1.33. The van der Waals surface area contributed by atoms with Gasteiger partial charge < -0.3 is 5.32 Å². The predicted octanol–water partition coefficient (Wildman–Crippen LogP) is 2.90. The van der Waals surface area contributed by atoms with E-state index >= 15 is 0 Å². The van der Waals surface area contributed by atoms with E-state index in [-0.39, 0.29) is 0 Å². The Morgan fingerprint density at radius 3 is 3.18 bits per heavy atom. The number of anilines is 1. The Labute approximate surface area is 74.6 Å². The molecule has 0 aromatic heterocycles. The number of hydrogen-bond acceptors (Lipinski definition) is 2. The summed E-state index contributed by atoms with van der Waals surface area (Å²) in [5.74, 6) is 0. The minimum absolute atomic E-state index is 1.06. The lowest BCUT2D eigenvalue weighted by Gasteiger charge is -1.99. The van der Waals surface area contributed by atoms with Crippen molar-refractivity contribution in [1.82, 2.24) is 0 Å². The molecule has 0 spiro atoms. The molecule has 0 atom stereocenters. The van der Waals surface area contributed by atoms with Crippen LogP contribution in [0.2, 0.25) is 0 Å². The number of rotatable bonds is 1. The van der Waals surface area contributed by atoms with Crippen LogP contribution in [-0.2, 0) is 6.42 Å². The molecule has 2 rings (SSSR count). The minimum Gasteiger partial charge on any atom is -0.384 e. The Hall–Kier alpha value is -0.340. The highest BCUT2D eigenvalue weighted by molar-refractivity contribution is 8.21. The average Bonchev–Trinajstić information content (AvgIpc) is 2.50. The Morgan fingerprint density at radius 2 is 2.36 bits per heavy atom. The number of benzene rings is 1. The minimum atomic E-state index is 1.06. The van der Waals surface area contributed by atoms with E-state index < -0.39 is 0 Å².